The van der Waals surface area contributed by atoms with Crippen molar-refractivity contribution in [1.82, 2.24) is 10.6 Å². The predicted molar refractivity (Wildman–Crippen MR) is 90.9 cm³/mol. The minimum atomic E-state index is -0.371. The van der Waals surface area contributed by atoms with Crippen molar-refractivity contribution >= 4 is 24.2 Å². The predicted octanol–water partition coefficient (Wildman–Crippen LogP) is 1.40. The Kier molecular flexibility index (Phi) is 9.45. The fraction of sp³-hybridized carbons (Fsp3) is 0.500. The van der Waals surface area contributed by atoms with Gasteiger partial charge in [0, 0.05) is 12.1 Å². The topological polar surface area (TPSA) is 84.2 Å². The van der Waals surface area contributed by atoms with Crippen LogP contribution in [0.3, 0.4) is 0 Å². The number of benzene rings is 1. The molecule has 1 rings (SSSR count). The monoisotopic (exact) mass is 327 g/mol. The number of amides is 2. The van der Waals surface area contributed by atoms with Gasteiger partial charge in [0.05, 0.1) is 13.0 Å². The Morgan fingerprint density at radius 2 is 1.64 bits per heavy atom. The van der Waals surface area contributed by atoms with Crippen molar-refractivity contribution in [3.63, 3.8) is 0 Å². The zero-order chi connectivity index (χ0) is 15.7. The molecule has 5 nitrogen and oxygen atoms in total. The van der Waals surface area contributed by atoms with Crippen LogP contribution in [0.5, 0.6) is 0 Å². The van der Waals surface area contributed by atoms with Gasteiger partial charge in [0.1, 0.15) is 0 Å². The normalized spacial score (nSPS) is 10.5. The molecule has 0 radical (unpaired) electrons. The van der Waals surface area contributed by atoms with E-state index in [0.29, 0.717) is 6.54 Å². The van der Waals surface area contributed by atoms with E-state index < -0.39 is 0 Å². The van der Waals surface area contributed by atoms with Crippen LogP contribution in [0.2, 0.25) is 0 Å². The highest BCUT2D eigenvalue weighted by Gasteiger charge is 2.20. The molecule has 0 aromatic heterocycles. The Morgan fingerprint density at radius 3 is 2.18 bits per heavy atom. The number of nitrogens with one attached hydrogen (secondary N) is 2. The van der Waals surface area contributed by atoms with Crippen LogP contribution in [-0.4, -0.2) is 30.4 Å². The second kappa shape index (κ2) is 10.2. The van der Waals surface area contributed by atoms with E-state index in [1.165, 1.54) is 0 Å². The average molecular weight is 328 g/mol. The number of rotatable bonds is 8. The molecule has 0 saturated carbocycles. The van der Waals surface area contributed by atoms with Gasteiger partial charge >= 0.3 is 0 Å². The molecule has 1 aromatic rings. The summed E-state index contributed by atoms with van der Waals surface area (Å²) in [6.07, 6.45) is 1.87. The summed E-state index contributed by atoms with van der Waals surface area (Å²) in [5.74, 6) is -0.380. The Balaban J connectivity index is 0.00000441. The zero-order valence-electron chi connectivity index (χ0n) is 13.2. The van der Waals surface area contributed by atoms with Crippen LogP contribution in [0.25, 0.3) is 0 Å². The van der Waals surface area contributed by atoms with E-state index in [-0.39, 0.29) is 42.7 Å². The number of hydrogen-bond acceptors (Lipinski definition) is 3. The number of nitrogens with two attached hydrogens (primary N) is 1. The molecule has 22 heavy (non-hydrogen) atoms. The van der Waals surface area contributed by atoms with E-state index in [1.807, 2.05) is 44.2 Å². The van der Waals surface area contributed by atoms with Gasteiger partial charge in [0.15, 0.2) is 0 Å². The van der Waals surface area contributed by atoms with E-state index in [4.69, 9.17) is 5.73 Å². The number of carbonyl (C=O) groups is 2. The summed E-state index contributed by atoms with van der Waals surface area (Å²) < 4.78 is 0. The molecular weight excluding hydrogens is 302 g/mol. The van der Waals surface area contributed by atoms with Crippen LogP contribution in [0.1, 0.15) is 32.3 Å². The summed E-state index contributed by atoms with van der Waals surface area (Å²) >= 11 is 0. The molecule has 0 atom stereocenters. The average Bonchev–Trinajstić information content (AvgIpc) is 2.51. The van der Waals surface area contributed by atoms with Gasteiger partial charge in [-0.1, -0.05) is 44.2 Å². The van der Waals surface area contributed by atoms with E-state index in [9.17, 15) is 9.59 Å². The van der Waals surface area contributed by atoms with Gasteiger partial charge in [-0.3, -0.25) is 9.59 Å². The first kappa shape index (κ1) is 20.4. The molecule has 0 fully saturated rings. The number of hydrogen-bond donors (Lipinski definition) is 3. The highest BCUT2D eigenvalue weighted by atomic mass is 35.5. The highest BCUT2D eigenvalue weighted by Crippen LogP contribution is 2.08. The molecule has 0 unspecified atom stereocenters. The minimum absolute atomic E-state index is 0. The Hall–Kier alpha value is -1.59. The lowest BCUT2D eigenvalue weighted by Crippen LogP contribution is -2.50. The molecular formula is C16H26ClN3O2. The molecule has 6 heteroatoms. The first-order valence-corrected chi connectivity index (χ1v) is 7.35. The molecule has 0 aliphatic heterocycles. The van der Waals surface area contributed by atoms with Crippen LogP contribution < -0.4 is 16.4 Å². The van der Waals surface area contributed by atoms with E-state index in [2.05, 4.69) is 10.6 Å². The highest BCUT2D eigenvalue weighted by molar-refractivity contribution is 5.86. The Labute approximate surface area is 138 Å². The summed E-state index contributed by atoms with van der Waals surface area (Å²) in [5, 5.41) is 5.38. The minimum Gasteiger partial charge on any atom is -0.353 e. The fourth-order valence-electron chi connectivity index (χ4n) is 1.86. The molecule has 0 aliphatic rings. The molecule has 0 saturated heterocycles. The van der Waals surface area contributed by atoms with Gasteiger partial charge in [-0.25, -0.2) is 0 Å². The third-order valence-corrected chi connectivity index (χ3v) is 3.70. The van der Waals surface area contributed by atoms with Crippen LogP contribution in [0, 0.1) is 0 Å². The summed E-state index contributed by atoms with van der Waals surface area (Å²) in [6.45, 7) is 4.40. The van der Waals surface area contributed by atoms with Gasteiger partial charge in [0.2, 0.25) is 11.8 Å². The Bertz CT molecular complexity index is 462. The quantitative estimate of drug-likeness (QED) is 0.675. The maximum Gasteiger partial charge on any atom is 0.239 e. The number of halogens is 1. The SMILES string of the molecule is CCC(N)(CC)CNC(=O)CNC(=O)Cc1ccccc1.Cl. The second-order valence-electron chi connectivity index (χ2n) is 5.29. The summed E-state index contributed by atoms with van der Waals surface area (Å²) in [5.41, 5.74) is 6.65. The molecule has 1 aromatic carbocycles. The van der Waals surface area contributed by atoms with Crippen molar-refractivity contribution in [3.05, 3.63) is 35.9 Å². The van der Waals surface area contributed by atoms with Gasteiger partial charge < -0.3 is 16.4 Å². The lowest BCUT2D eigenvalue weighted by molar-refractivity contribution is -0.125. The van der Waals surface area contributed by atoms with Crippen LogP contribution in [0.15, 0.2) is 30.3 Å². The van der Waals surface area contributed by atoms with Crippen LogP contribution in [-0.2, 0) is 16.0 Å². The second-order valence-corrected chi connectivity index (χ2v) is 5.29. The standard InChI is InChI=1S/C16H25N3O2.ClH/c1-3-16(17,4-2)12-19-15(21)11-18-14(20)10-13-8-6-5-7-9-13;/h5-9H,3-4,10-12,17H2,1-2H3,(H,18,20)(H,19,21);1H. The van der Waals surface area contributed by atoms with Crippen molar-refractivity contribution in [2.24, 2.45) is 5.73 Å². The fourth-order valence-corrected chi connectivity index (χ4v) is 1.86. The van der Waals surface area contributed by atoms with Crippen LogP contribution >= 0.6 is 12.4 Å². The summed E-state index contributed by atoms with van der Waals surface area (Å²) in [6, 6.07) is 9.42. The zero-order valence-corrected chi connectivity index (χ0v) is 14.0. The van der Waals surface area contributed by atoms with Crippen molar-refractivity contribution < 1.29 is 9.59 Å². The molecule has 2 amide bonds. The molecule has 0 spiro atoms. The lowest BCUT2D eigenvalue weighted by atomic mass is 9.94. The number of carbonyl (C=O) groups excluding carboxylic acids is 2. The first-order valence-electron chi connectivity index (χ1n) is 7.35. The largest absolute Gasteiger partial charge is 0.353 e. The summed E-state index contributed by atoms with van der Waals surface area (Å²) in [4.78, 5) is 23.4. The van der Waals surface area contributed by atoms with Crippen molar-refractivity contribution in [3.8, 4) is 0 Å². The molecule has 0 aliphatic carbocycles. The van der Waals surface area contributed by atoms with Gasteiger partial charge in [0.25, 0.3) is 0 Å². The smallest absolute Gasteiger partial charge is 0.239 e. The van der Waals surface area contributed by atoms with Crippen molar-refractivity contribution in [2.75, 3.05) is 13.1 Å². The first-order chi connectivity index (χ1) is 9.99. The van der Waals surface area contributed by atoms with Crippen molar-refractivity contribution in [1.29, 1.82) is 0 Å². The van der Waals surface area contributed by atoms with Gasteiger partial charge in [-0.15, -0.1) is 12.4 Å². The van der Waals surface area contributed by atoms with E-state index >= 15 is 0 Å². The van der Waals surface area contributed by atoms with Gasteiger partial charge in [-0.05, 0) is 18.4 Å². The van der Waals surface area contributed by atoms with Crippen LogP contribution in [0.4, 0.5) is 0 Å². The molecule has 124 valence electrons. The van der Waals surface area contributed by atoms with Gasteiger partial charge in [-0.2, -0.15) is 0 Å². The maximum atomic E-state index is 11.7. The van der Waals surface area contributed by atoms with Crippen molar-refractivity contribution in [2.45, 2.75) is 38.6 Å². The molecule has 0 heterocycles. The maximum absolute atomic E-state index is 11.7. The Morgan fingerprint density at radius 1 is 1.05 bits per heavy atom. The lowest BCUT2D eigenvalue weighted by Gasteiger charge is -2.26. The molecule has 0 bridgehead atoms. The molecule has 4 N–H and O–H groups in total. The van der Waals surface area contributed by atoms with E-state index in [0.717, 1.165) is 18.4 Å². The third-order valence-electron chi connectivity index (χ3n) is 3.70. The third kappa shape index (κ3) is 7.43. The summed E-state index contributed by atoms with van der Waals surface area (Å²) in [7, 11) is 0. The van der Waals surface area contributed by atoms with E-state index in [1.54, 1.807) is 0 Å².